The van der Waals surface area contributed by atoms with E-state index in [9.17, 15) is 4.79 Å². The van der Waals surface area contributed by atoms with Crippen molar-refractivity contribution in [3.63, 3.8) is 0 Å². The van der Waals surface area contributed by atoms with Crippen LogP contribution in [0, 0.1) is 6.92 Å². The van der Waals surface area contributed by atoms with E-state index >= 15 is 0 Å². The Balaban J connectivity index is 1.50. The number of likely N-dealkylation sites (tertiary alicyclic amines) is 1. The van der Waals surface area contributed by atoms with Crippen molar-refractivity contribution in [3.05, 3.63) is 65.2 Å². The third kappa shape index (κ3) is 5.05. The highest BCUT2D eigenvalue weighted by atomic mass is 32.1. The second-order valence-electron chi connectivity index (χ2n) is 6.72. The first kappa shape index (κ1) is 18.4. The van der Waals surface area contributed by atoms with Gasteiger partial charge in [0.25, 0.3) is 5.91 Å². The molecule has 2 aromatic rings. The number of piperidine rings is 1. The minimum absolute atomic E-state index is 0.122. The number of benzene rings is 2. The van der Waals surface area contributed by atoms with Gasteiger partial charge in [-0.1, -0.05) is 29.8 Å². The Hall–Kier alpha value is -2.40. The number of nitrogens with zero attached hydrogens (tertiary/aromatic N) is 1. The van der Waals surface area contributed by atoms with Gasteiger partial charge in [0.05, 0.1) is 0 Å². The van der Waals surface area contributed by atoms with Gasteiger partial charge in [0.2, 0.25) is 0 Å². The molecule has 0 spiro atoms. The Morgan fingerprint density at radius 1 is 1.00 bits per heavy atom. The molecule has 0 aromatic heterocycles. The number of amides is 1. The lowest BCUT2D eigenvalue weighted by molar-refractivity contribution is 0.0724. The van der Waals surface area contributed by atoms with Gasteiger partial charge in [-0.3, -0.25) is 4.79 Å². The van der Waals surface area contributed by atoms with Gasteiger partial charge >= 0.3 is 0 Å². The van der Waals surface area contributed by atoms with E-state index in [0.717, 1.165) is 37.2 Å². The highest BCUT2D eigenvalue weighted by molar-refractivity contribution is 7.80. The van der Waals surface area contributed by atoms with E-state index in [0.29, 0.717) is 11.7 Å². The van der Waals surface area contributed by atoms with E-state index in [1.807, 2.05) is 29.2 Å². The molecule has 0 bridgehead atoms. The number of anilines is 1. The monoisotopic (exact) mass is 367 g/mol. The molecule has 1 aliphatic heterocycles. The summed E-state index contributed by atoms with van der Waals surface area (Å²) in [5, 5.41) is 6.94. The van der Waals surface area contributed by atoms with E-state index in [1.165, 1.54) is 17.5 Å². The second-order valence-corrected chi connectivity index (χ2v) is 7.13. The number of nitrogens with one attached hydrogen (secondary N) is 2. The Kier molecular flexibility index (Phi) is 6.23. The van der Waals surface area contributed by atoms with Crippen LogP contribution >= 0.6 is 12.2 Å². The van der Waals surface area contributed by atoms with Crippen molar-refractivity contribution in [2.75, 3.05) is 18.4 Å². The van der Waals surface area contributed by atoms with E-state index in [2.05, 4.69) is 41.8 Å². The van der Waals surface area contributed by atoms with Crippen molar-refractivity contribution in [3.8, 4) is 0 Å². The van der Waals surface area contributed by atoms with E-state index < -0.39 is 0 Å². The molecule has 0 unspecified atom stereocenters. The molecule has 2 aromatic carbocycles. The lowest BCUT2D eigenvalue weighted by Crippen LogP contribution is -2.35. The SMILES string of the molecule is Cc1ccc(CNC(=S)Nc2ccc(C(=O)N3CCCCC3)cc2)cc1. The van der Waals surface area contributed by atoms with E-state index in [1.54, 1.807) is 0 Å². The number of carbonyl (C=O) groups is 1. The molecule has 136 valence electrons. The van der Waals surface area contributed by atoms with Crippen molar-refractivity contribution in [1.82, 2.24) is 10.2 Å². The number of thiocarbonyl (C=S) groups is 1. The molecule has 26 heavy (non-hydrogen) atoms. The van der Waals surface area contributed by atoms with Gasteiger partial charge in [0, 0.05) is 30.9 Å². The molecule has 1 aliphatic rings. The number of hydrogen-bond acceptors (Lipinski definition) is 2. The minimum atomic E-state index is 0.122. The topological polar surface area (TPSA) is 44.4 Å². The summed E-state index contributed by atoms with van der Waals surface area (Å²) in [6, 6.07) is 15.9. The molecule has 0 radical (unpaired) electrons. The lowest BCUT2D eigenvalue weighted by Gasteiger charge is -2.26. The highest BCUT2D eigenvalue weighted by Gasteiger charge is 2.17. The van der Waals surface area contributed by atoms with Crippen LogP contribution in [0.2, 0.25) is 0 Å². The van der Waals surface area contributed by atoms with Gasteiger partial charge in [0.1, 0.15) is 0 Å². The normalized spacial score (nSPS) is 14.0. The Morgan fingerprint density at radius 3 is 2.31 bits per heavy atom. The standard InChI is InChI=1S/C21H25N3OS/c1-16-5-7-17(8-6-16)15-22-21(26)23-19-11-9-18(10-12-19)20(25)24-13-3-2-4-14-24/h5-12H,2-4,13-15H2,1H3,(H2,22,23,26). The quantitative estimate of drug-likeness (QED) is 0.799. The summed E-state index contributed by atoms with van der Waals surface area (Å²) in [5.41, 5.74) is 4.04. The molecule has 0 aliphatic carbocycles. The maximum absolute atomic E-state index is 12.5. The number of carbonyl (C=O) groups excluding carboxylic acids is 1. The van der Waals surface area contributed by atoms with Crippen LogP contribution in [0.1, 0.15) is 40.7 Å². The van der Waals surface area contributed by atoms with Crippen LogP contribution in [-0.2, 0) is 6.54 Å². The molecule has 2 N–H and O–H groups in total. The van der Waals surface area contributed by atoms with Crippen LogP contribution in [-0.4, -0.2) is 29.0 Å². The predicted molar refractivity (Wildman–Crippen MR) is 110 cm³/mol. The summed E-state index contributed by atoms with van der Waals surface area (Å²) in [4.78, 5) is 14.4. The summed E-state index contributed by atoms with van der Waals surface area (Å²) >= 11 is 5.35. The van der Waals surface area contributed by atoms with Gasteiger partial charge in [-0.05, 0) is 68.2 Å². The smallest absolute Gasteiger partial charge is 0.253 e. The van der Waals surface area contributed by atoms with Crippen LogP contribution in [0.25, 0.3) is 0 Å². The molecule has 1 heterocycles. The van der Waals surface area contributed by atoms with Crippen LogP contribution < -0.4 is 10.6 Å². The molecular weight excluding hydrogens is 342 g/mol. The Bertz CT molecular complexity index is 750. The molecule has 1 fully saturated rings. The first-order valence-electron chi connectivity index (χ1n) is 9.11. The fourth-order valence-corrected chi connectivity index (χ4v) is 3.23. The Morgan fingerprint density at radius 2 is 1.65 bits per heavy atom. The minimum Gasteiger partial charge on any atom is -0.358 e. The van der Waals surface area contributed by atoms with Crippen molar-refractivity contribution >= 4 is 28.9 Å². The molecule has 0 atom stereocenters. The van der Waals surface area contributed by atoms with E-state index in [-0.39, 0.29) is 5.91 Å². The van der Waals surface area contributed by atoms with Gasteiger partial charge in [0.15, 0.2) is 5.11 Å². The zero-order valence-electron chi connectivity index (χ0n) is 15.1. The summed E-state index contributed by atoms with van der Waals surface area (Å²) in [5.74, 6) is 0.122. The van der Waals surface area contributed by atoms with Crippen LogP contribution in [0.5, 0.6) is 0 Å². The third-order valence-electron chi connectivity index (χ3n) is 4.61. The zero-order valence-corrected chi connectivity index (χ0v) is 15.9. The molecule has 1 saturated heterocycles. The summed E-state index contributed by atoms with van der Waals surface area (Å²) in [6.45, 7) is 4.48. The second kappa shape index (κ2) is 8.81. The average molecular weight is 368 g/mol. The highest BCUT2D eigenvalue weighted by Crippen LogP contribution is 2.15. The van der Waals surface area contributed by atoms with Gasteiger partial charge in [-0.15, -0.1) is 0 Å². The fourth-order valence-electron chi connectivity index (χ4n) is 3.04. The molecular formula is C21H25N3OS. The average Bonchev–Trinajstić information content (AvgIpc) is 2.68. The summed E-state index contributed by atoms with van der Waals surface area (Å²) < 4.78 is 0. The first-order chi connectivity index (χ1) is 12.6. The van der Waals surface area contributed by atoms with Crippen LogP contribution in [0.3, 0.4) is 0 Å². The third-order valence-corrected chi connectivity index (χ3v) is 4.85. The number of rotatable bonds is 4. The number of aryl methyl sites for hydroxylation is 1. The summed E-state index contributed by atoms with van der Waals surface area (Å²) in [6.07, 6.45) is 3.43. The van der Waals surface area contributed by atoms with Crippen LogP contribution in [0.15, 0.2) is 48.5 Å². The largest absolute Gasteiger partial charge is 0.358 e. The van der Waals surface area contributed by atoms with Gasteiger partial charge in [-0.25, -0.2) is 0 Å². The van der Waals surface area contributed by atoms with Crippen molar-refractivity contribution < 1.29 is 4.79 Å². The first-order valence-corrected chi connectivity index (χ1v) is 9.52. The maximum Gasteiger partial charge on any atom is 0.253 e. The van der Waals surface area contributed by atoms with Crippen LogP contribution in [0.4, 0.5) is 5.69 Å². The lowest BCUT2D eigenvalue weighted by atomic mass is 10.1. The summed E-state index contributed by atoms with van der Waals surface area (Å²) in [7, 11) is 0. The van der Waals surface area contributed by atoms with Crippen molar-refractivity contribution in [2.45, 2.75) is 32.7 Å². The van der Waals surface area contributed by atoms with Crippen molar-refractivity contribution in [2.24, 2.45) is 0 Å². The maximum atomic E-state index is 12.5. The molecule has 1 amide bonds. The molecule has 5 heteroatoms. The van der Waals surface area contributed by atoms with Crippen molar-refractivity contribution in [1.29, 1.82) is 0 Å². The molecule has 0 saturated carbocycles. The molecule has 4 nitrogen and oxygen atoms in total. The predicted octanol–water partition coefficient (Wildman–Crippen LogP) is 4.11. The van der Waals surface area contributed by atoms with Gasteiger partial charge < -0.3 is 15.5 Å². The Labute approximate surface area is 160 Å². The molecule has 3 rings (SSSR count). The zero-order chi connectivity index (χ0) is 18.4. The number of hydrogen-bond donors (Lipinski definition) is 2. The fraction of sp³-hybridized carbons (Fsp3) is 0.333. The van der Waals surface area contributed by atoms with Gasteiger partial charge in [-0.2, -0.15) is 0 Å². The van der Waals surface area contributed by atoms with E-state index in [4.69, 9.17) is 12.2 Å².